The van der Waals surface area contributed by atoms with Gasteiger partial charge < -0.3 is 14.2 Å². The maximum absolute atomic E-state index is 12.1. The van der Waals surface area contributed by atoms with Crippen LogP contribution in [0.3, 0.4) is 0 Å². The Hall–Kier alpha value is -3.12. The van der Waals surface area contributed by atoms with Crippen molar-refractivity contribution in [3.63, 3.8) is 0 Å². The van der Waals surface area contributed by atoms with Crippen molar-refractivity contribution >= 4 is 27.9 Å². The summed E-state index contributed by atoms with van der Waals surface area (Å²) in [6, 6.07) is 21.8. The molecule has 0 spiro atoms. The van der Waals surface area contributed by atoms with E-state index in [-0.39, 0.29) is 6.61 Å². The molecule has 0 aromatic heterocycles. The standard InChI is InChI=1S/C23H19BrO5/c1-2-27-23(26)17-8-11-19(12-9-17)29-22(25)15-28-21-13-10-18(14-20(21)24)16-6-4-3-5-7-16/h3-14H,2,15H2,1H3. The highest BCUT2D eigenvalue weighted by atomic mass is 79.9. The van der Waals surface area contributed by atoms with Gasteiger partial charge in [-0.15, -0.1) is 0 Å². The van der Waals surface area contributed by atoms with Gasteiger partial charge in [-0.05, 0) is 70.4 Å². The molecule has 3 aromatic carbocycles. The largest absolute Gasteiger partial charge is 0.481 e. The van der Waals surface area contributed by atoms with E-state index in [4.69, 9.17) is 14.2 Å². The summed E-state index contributed by atoms with van der Waals surface area (Å²) < 4.78 is 16.4. The fraction of sp³-hybridized carbons (Fsp3) is 0.130. The number of carbonyl (C=O) groups excluding carboxylic acids is 2. The SMILES string of the molecule is CCOC(=O)c1ccc(OC(=O)COc2ccc(-c3ccccc3)cc2Br)cc1. The summed E-state index contributed by atoms with van der Waals surface area (Å²) >= 11 is 3.47. The fourth-order valence-corrected chi connectivity index (χ4v) is 3.09. The number of halogens is 1. The molecule has 0 fully saturated rings. The minimum atomic E-state index is -0.548. The first-order chi connectivity index (χ1) is 14.1. The third kappa shape index (κ3) is 5.68. The Bertz CT molecular complexity index is 984. The Morgan fingerprint density at radius 2 is 1.62 bits per heavy atom. The van der Waals surface area contributed by atoms with E-state index in [2.05, 4.69) is 15.9 Å². The first-order valence-corrected chi connectivity index (χ1v) is 9.81. The zero-order valence-corrected chi connectivity index (χ0v) is 17.3. The second kappa shape index (κ2) is 9.89. The lowest BCUT2D eigenvalue weighted by atomic mass is 10.1. The van der Waals surface area contributed by atoms with Crippen LogP contribution < -0.4 is 9.47 Å². The highest BCUT2D eigenvalue weighted by Crippen LogP contribution is 2.30. The highest BCUT2D eigenvalue weighted by molar-refractivity contribution is 9.10. The number of hydrogen-bond acceptors (Lipinski definition) is 5. The molecule has 0 bridgehead atoms. The molecule has 0 saturated heterocycles. The highest BCUT2D eigenvalue weighted by Gasteiger charge is 2.11. The first-order valence-electron chi connectivity index (χ1n) is 9.02. The lowest BCUT2D eigenvalue weighted by molar-refractivity contribution is -0.136. The maximum atomic E-state index is 12.1. The molecule has 6 heteroatoms. The van der Waals surface area contributed by atoms with Crippen LogP contribution in [0.4, 0.5) is 0 Å². The molecule has 148 valence electrons. The van der Waals surface area contributed by atoms with Crippen LogP contribution in [0.1, 0.15) is 17.3 Å². The Morgan fingerprint density at radius 3 is 2.28 bits per heavy atom. The van der Waals surface area contributed by atoms with E-state index in [0.29, 0.717) is 23.7 Å². The molecule has 3 aromatic rings. The van der Waals surface area contributed by atoms with Gasteiger partial charge in [0.2, 0.25) is 0 Å². The lowest BCUT2D eigenvalue weighted by Gasteiger charge is -2.10. The summed E-state index contributed by atoms with van der Waals surface area (Å²) in [5.41, 5.74) is 2.52. The van der Waals surface area contributed by atoms with Gasteiger partial charge in [-0.1, -0.05) is 36.4 Å². The lowest BCUT2D eigenvalue weighted by Crippen LogP contribution is -2.18. The van der Waals surface area contributed by atoms with Gasteiger partial charge in [-0.2, -0.15) is 0 Å². The van der Waals surface area contributed by atoms with Crippen LogP contribution >= 0.6 is 15.9 Å². The molecule has 29 heavy (non-hydrogen) atoms. The van der Waals surface area contributed by atoms with Gasteiger partial charge in [-0.3, -0.25) is 0 Å². The van der Waals surface area contributed by atoms with Gasteiger partial charge in [0.05, 0.1) is 16.6 Å². The number of esters is 2. The molecule has 3 rings (SSSR count). The molecule has 0 radical (unpaired) electrons. The van der Waals surface area contributed by atoms with Crippen LogP contribution in [0.5, 0.6) is 11.5 Å². The molecule has 0 saturated carbocycles. The van der Waals surface area contributed by atoms with Gasteiger partial charge in [0.15, 0.2) is 6.61 Å². The normalized spacial score (nSPS) is 10.3. The Balaban J connectivity index is 1.56. The number of benzene rings is 3. The van der Waals surface area contributed by atoms with Crippen molar-refractivity contribution in [2.75, 3.05) is 13.2 Å². The molecular formula is C23H19BrO5. The molecule has 0 atom stereocenters. The summed E-state index contributed by atoms with van der Waals surface area (Å²) in [6.07, 6.45) is 0. The zero-order chi connectivity index (χ0) is 20.6. The van der Waals surface area contributed by atoms with Gasteiger partial charge in [0, 0.05) is 0 Å². The number of hydrogen-bond donors (Lipinski definition) is 0. The van der Waals surface area contributed by atoms with Crippen LogP contribution in [0, 0.1) is 0 Å². The van der Waals surface area contributed by atoms with Gasteiger partial charge in [-0.25, -0.2) is 9.59 Å². The molecule has 0 N–H and O–H groups in total. The van der Waals surface area contributed by atoms with E-state index in [1.54, 1.807) is 25.1 Å². The molecular weight excluding hydrogens is 436 g/mol. The van der Waals surface area contributed by atoms with E-state index in [1.165, 1.54) is 12.1 Å². The minimum absolute atomic E-state index is 0.247. The molecule has 0 aliphatic heterocycles. The Morgan fingerprint density at radius 1 is 0.897 bits per heavy atom. The average molecular weight is 455 g/mol. The first kappa shape index (κ1) is 20.6. The predicted molar refractivity (Wildman–Crippen MR) is 113 cm³/mol. The van der Waals surface area contributed by atoms with Crippen LogP contribution in [0.15, 0.2) is 77.3 Å². The summed E-state index contributed by atoms with van der Waals surface area (Å²) in [5, 5.41) is 0. The molecule has 0 aliphatic carbocycles. The van der Waals surface area contributed by atoms with E-state index < -0.39 is 11.9 Å². The number of ether oxygens (including phenoxy) is 3. The summed E-state index contributed by atoms with van der Waals surface area (Å²) in [7, 11) is 0. The second-order valence-corrected chi connectivity index (χ2v) is 6.87. The van der Waals surface area contributed by atoms with Crippen molar-refractivity contribution in [3.05, 3.63) is 82.8 Å². The van der Waals surface area contributed by atoms with Crippen LogP contribution in [0.25, 0.3) is 11.1 Å². The zero-order valence-electron chi connectivity index (χ0n) is 15.8. The van der Waals surface area contributed by atoms with E-state index >= 15 is 0 Å². The van der Waals surface area contributed by atoms with E-state index in [1.807, 2.05) is 42.5 Å². The third-order valence-corrected chi connectivity index (χ3v) is 4.60. The van der Waals surface area contributed by atoms with Crippen molar-refractivity contribution in [2.45, 2.75) is 6.92 Å². The maximum Gasteiger partial charge on any atom is 0.349 e. The third-order valence-electron chi connectivity index (χ3n) is 3.98. The van der Waals surface area contributed by atoms with Crippen LogP contribution in [-0.2, 0) is 9.53 Å². The Kier molecular flexibility index (Phi) is 7.03. The van der Waals surface area contributed by atoms with Gasteiger partial charge in [0.25, 0.3) is 0 Å². The van der Waals surface area contributed by atoms with Gasteiger partial charge in [0.1, 0.15) is 11.5 Å². The number of rotatable bonds is 7. The predicted octanol–water partition coefficient (Wildman–Crippen LogP) is 5.28. The average Bonchev–Trinajstić information content (AvgIpc) is 2.74. The molecule has 0 amide bonds. The van der Waals surface area contributed by atoms with Crippen LogP contribution in [-0.4, -0.2) is 25.2 Å². The quantitative estimate of drug-likeness (QED) is 0.359. The molecule has 0 aliphatic rings. The second-order valence-electron chi connectivity index (χ2n) is 6.02. The molecule has 5 nitrogen and oxygen atoms in total. The molecule has 0 heterocycles. The van der Waals surface area contributed by atoms with Crippen molar-refractivity contribution in [2.24, 2.45) is 0 Å². The van der Waals surface area contributed by atoms with Crippen molar-refractivity contribution in [1.82, 2.24) is 0 Å². The number of carbonyl (C=O) groups is 2. The fourth-order valence-electron chi connectivity index (χ4n) is 2.60. The monoisotopic (exact) mass is 454 g/mol. The van der Waals surface area contributed by atoms with Gasteiger partial charge >= 0.3 is 11.9 Å². The smallest absolute Gasteiger partial charge is 0.349 e. The Labute approximate surface area is 177 Å². The summed E-state index contributed by atoms with van der Waals surface area (Å²) in [5.74, 6) is -0.102. The summed E-state index contributed by atoms with van der Waals surface area (Å²) in [6.45, 7) is 1.79. The van der Waals surface area contributed by atoms with Crippen molar-refractivity contribution in [3.8, 4) is 22.6 Å². The summed E-state index contributed by atoms with van der Waals surface area (Å²) in [4.78, 5) is 23.7. The minimum Gasteiger partial charge on any atom is -0.481 e. The topological polar surface area (TPSA) is 61.8 Å². The van der Waals surface area contributed by atoms with Crippen molar-refractivity contribution < 1.29 is 23.8 Å². The van der Waals surface area contributed by atoms with Crippen molar-refractivity contribution in [1.29, 1.82) is 0 Å². The molecule has 0 unspecified atom stereocenters. The van der Waals surface area contributed by atoms with E-state index in [0.717, 1.165) is 15.6 Å². The van der Waals surface area contributed by atoms with Crippen LogP contribution in [0.2, 0.25) is 0 Å². The van der Waals surface area contributed by atoms with E-state index in [9.17, 15) is 9.59 Å².